The van der Waals surface area contributed by atoms with E-state index in [1.807, 2.05) is 12.1 Å². The molecule has 11 heteroatoms. The Bertz CT molecular complexity index is 964. The van der Waals surface area contributed by atoms with E-state index in [0.29, 0.717) is 30.8 Å². The Morgan fingerprint density at radius 3 is 2.78 bits per heavy atom. The summed E-state index contributed by atoms with van der Waals surface area (Å²) in [6, 6.07) is 3.98. The maximum absolute atomic E-state index is 12.5. The lowest BCUT2D eigenvalue weighted by Crippen LogP contribution is -2.43. The highest BCUT2D eigenvalue weighted by atomic mass is 16.5. The van der Waals surface area contributed by atoms with Crippen LogP contribution in [0.4, 0.5) is 23.3 Å². The minimum absolute atomic E-state index is 0.0402. The molecule has 1 aliphatic carbocycles. The molecule has 5 rings (SSSR count). The fraction of sp³-hybridized carbons (Fsp3) is 0.524. The lowest BCUT2D eigenvalue weighted by atomic mass is 9.91. The first-order valence-corrected chi connectivity index (χ1v) is 11.1. The van der Waals surface area contributed by atoms with Crippen LogP contribution >= 0.6 is 0 Å². The molecule has 0 radical (unpaired) electrons. The first-order valence-electron chi connectivity index (χ1n) is 11.1. The van der Waals surface area contributed by atoms with Crippen LogP contribution in [0.2, 0.25) is 0 Å². The summed E-state index contributed by atoms with van der Waals surface area (Å²) in [7, 11) is 0. The highest BCUT2D eigenvalue weighted by Crippen LogP contribution is 2.30. The Hall–Kier alpha value is -3.18. The Balaban J connectivity index is 1.39. The van der Waals surface area contributed by atoms with Gasteiger partial charge in [0.2, 0.25) is 11.8 Å². The first-order chi connectivity index (χ1) is 15.7. The van der Waals surface area contributed by atoms with E-state index in [4.69, 9.17) is 15.2 Å². The van der Waals surface area contributed by atoms with E-state index < -0.39 is 0 Å². The van der Waals surface area contributed by atoms with Crippen LogP contribution in [0.15, 0.2) is 18.3 Å². The first kappa shape index (κ1) is 20.7. The van der Waals surface area contributed by atoms with Gasteiger partial charge in [0, 0.05) is 25.2 Å². The zero-order valence-electron chi connectivity index (χ0n) is 17.8. The predicted octanol–water partition coefficient (Wildman–Crippen LogP) is 1.21. The smallest absolute Gasteiger partial charge is 0.263 e. The Morgan fingerprint density at radius 2 is 2.00 bits per heavy atom. The fourth-order valence-corrected chi connectivity index (χ4v) is 4.26. The zero-order chi connectivity index (χ0) is 21.9. The number of pyridine rings is 1. The molecule has 1 saturated carbocycles. The number of aromatic nitrogens is 3. The molecule has 2 aromatic rings. The molecule has 4 heterocycles. The lowest BCUT2D eigenvalue weighted by Gasteiger charge is -2.30. The second-order valence-corrected chi connectivity index (χ2v) is 8.20. The molecular weight excluding hydrogens is 412 g/mol. The maximum atomic E-state index is 12.5. The Kier molecular flexibility index (Phi) is 5.91. The molecule has 11 nitrogen and oxygen atoms in total. The van der Waals surface area contributed by atoms with Crippen molar-refractivity contribution in [1.82, 2.24) is 20.3 Å². The number of nitrogens with zero attached hydrogens (tertiary/aromatic N) is 4. The highest BCUT2D eigenvalue weighted by Gasteiger charge is 2.28. The maximum Gasteiger partial charge on any atom is 0.263 e. The molecule has 32 heavy (non-hydrogen) atoms. The van der Waals surface area contributed by atoms with Crippen molar-refractivity contribution in [2.75, 3.05) is 48.6 Å². The van der Waals surface area contributed by atoms with Crippen molar-refractivity contribution in [1.29, 1.82) is 0 Å². The molecule has 2 fully saturated rings. The Labute approximate surface area is 186 Å². The van der Waals surface area contributed by atoms with Crippen molar-refractivity contribution >= 4 is 29.2 Å². The molecule has 170 valence electrons. The topological polar surface area (TPSA) is 140 Å². The van der Waals surface area contributed by atoms with Gasteiger partial charge in [0.1, 0.15) is 11.4 Å². The van der Waals surface area contributed by atoms with Crippen LogP contribution in [-0.2, 0) is 4.74 Å². The van der Waals surface area contributed by atoms with Gasteiger partial charge in [-0.05, 0) is 25.0 Å². The quantitative estimate of drug-likeness (QED) is 0.536. The second kappa shape index (κ2) is 9.13. The van der Waals surface area contributed by atoms with Crippen molar-refractivity contribution < 1.29 is 14.3 Å². The van der Waals surface area contributed by atoms with Gasteiger partial charge in [-0.3, -0.25) is 4.79 Å². The minimum Gasteiger partial charge on any atom is -0.456 e. The largest absolute Gasteiger partial charge is 0.456 e. The summed E-state index contributed by atoms with van der Waals surface area (Å²) in [5, 5.41) is 9.16. The second-order valence-electron chi connectivity index (χ2n) is 8.20. The van der Waals surface area contributed by atoms with E-state index in [2.05, 4.69) is 35.8 Å². The third kappa shape index (κ3) is 4.39. The number of amides is 1. The number of ether oxygens (including phenoxy) is 2. The van der Waals surface area contributed by atoms with Gasteiger partial charge < -0.3 is 36.1 Å². The van der Waals surface area contributed by atoms with E-state index in [1.165, 1.54) is 0 Å². The van der Waals surface area contributed by atoms with Gasteiger partial charge in [0.25, 0.3) is 5.91 Å². The minimum atomic E-state index is -0.292. The van der Waals surface area contributed by atoms with E-state index in [0.717, 1.165) is 44.5 Å². The van der Waals surface area contributed by atoms with Crippen LogP contribution in [0.1, 0.15) is 36.0 Å². The van der Waals surface area contributed by atoms with E-state index in [1.54, 1.807) is 6.20 Å². The molecule has 2 aromatic heterocycles. The SMILES string of the molecule is N[C@H]1CCCC[C@H]1Nc1nc(Nc2ccc(N3CCOCC3)cn2)c2c(n1)OCNC2=O. The van der Waals surface area contributed by atoms with Crippen LogP contribution in [0.25, 0.3) is 0 Å². The standard InChI is InChI=1S/C21H28N8O3/c22-14-3-1-2-4-15(14)25-21-27-18(17-19(30)24-12-32-20(17)28-21)26-16-6-5-13(11-23-16)29-7-9-31-10-8-29/h5-6,11,14-15H,1-4,7-10,12,22H2,(H,24,30)(H2,23,25,26,27,28)/t14-,15+/m0/s1. The van der Waals surface area contributed by atoms with Crippen molar-refractivity contribution in [2.24, 2.45) is 5.73 Å². The van der Waals surface area contributed by atoms with Gasteiger partial charge in [0.15, 0.2) is 12.5 Å². The van der Waals surface area contributed by atoms with Gasteiger partial charge in [-0.2, -0.15) is 9.97 Å². The summed E-state index contributed by atoms with van der Waals surface area (Å²) < 4.78 is 11.0. The number of anilines is 4. The van der Waals surface area contributed by atoms with Gasteiger partial charge in [-0.1, -0.05) is 12.8 Å². The number of hydrogen-bond acceptors (Lipinski definition) is 10. The van der Waals surface area contributed by atoms with Crippen LogP contribution < -0.4 is 31.3 Å². The summed E-state index contributed by atoms with van der Waals surface area (Å²) in [6.07, 6.45) is 5.96. The summed E-state index contributed by atoms with van der Waals surface area (Å²) in [4.78, 5) is 28.3. The highest BCUT2D eigenvalue weighted by molar-refractivity contribution is 6.02. The normalized spacial score (nSPS) is 23.0. The average molecular weight is 441 g/mol. The van der Waals surface area contributed by atoms with Crippen LogP contribution in [0.5, 0.6) is 5.88 Å². The van der Waals surface area contributed by atoms with Crippen molar-refractivity contribution in [3.63, 3.8) is 0 Å². The Morgan fingerprint density at radius 1 is 1.16 bits per heavy atom. The number of carbonyl (C=O) groups is 1. The summed E-state index contributed by atoms with van der Waals surface area (Å²) in [5.41, 5.74) is 7.56. The van der Waals surface area contributed by atoms with Crippen molar-refractivity contribution in [3.8, 4) is 5.88 Å². The van der Waals surface area contributed by atoms with Crippen LogP contribution in [0, 0.1) is 0 Å². The number of carbonyl (C=O) groups excluding carboxylic acids is 1. The summed E-state index contributed by atoms with van der Waals surface area (Å²) in [5.74, 6) is 1.24. The molecule has 0 spiro atoms. The van der Waals surface area contributed by atoms with Crippen molar-refractivity contribution in [2.45, 2.75) is 37.8 Å². The van der Waals surface area contributed by atoms with Gasteiger partial charge in [-0.25, -0.2) is 4.98 Å². The molecule has 0 aromatic carbocycles. The molecule has 1 amide bonds. The molecule has 2 atom stereocenters. The average Bonchev–Trinajstić information content (AvgIpc) is 2.82. The van der Waals surface area contributed by atoms with Gasteiger partial charge in [-0.15, -0.1) is 0 Å². The lowest BCUT2D eigenvalue weighted by molar-refractivity contribution is 0.0879. The predicted molar refractivity (Wildman–Crippen MR) is 119 cm³/mol. The van der Waals surface area contributed by atoms with E-state index in [-0.39, 0.29) is 36.2 Å². The number of nitrogens with one attached hydrogen (secondary N) is 3. The van der Waals surface area contributed by atoms with Crippen LogP contribution in [-0.4, -0.2) is 66.0 Å². The molecule has 5 N–H and O–H groups in total. The summed E-state index contributed by atoms with van der Waals surface area (Å²) in [6.45, 7) is 3.16. The zero-order valence-corrected chi connectivity index (χ0v) is 17.8. The number of rotatable bonds is 5. The number of fused-ring (bicyclic) bond motifs is 1. The van der Waals surface area contributed by atoms with Crippen LogP contribution in [0.3, 0.4) is 0 Å². The molecular formula is C21H28N8O3. The fourth-order valence-electron chi connectivity index (χ4n) is 4.26. The van der Waals surface area contributed by atoms with Crippen molar-refractivity contribution in [3.05, 3.63) is 23.9 Å². The number of nitrogens with two attached hydrogens (primary N) is 1. The molecule has 0 bridgehead atoms. The van der Waals surface area contributed by atoms with E-state index in [9.17, 15) is 4.79 Å². The van der Waals surface area contributed by atoms with Gasteiger partial charge in [0.05, 0.1) is 25.1 Å². The molecule has 3 aliphatic rings. The number of hydrogen-bond donors (Lipinski definition) is 4. The molecule has 2 aliphatic heterocycles. The molecule has 1 saturated heterocycles. The van der Waals surface area contributed by atoms with E-state index >= 15 is 0 Å². The third-order valence-corrected chi connectivity index (χ3v) is 6.05. The number of morpholine rings is 1. The summed E-state index contributed by atoms with van der Waals surface area (Å²) >= 11 is 0. The van der Waals surface area contributed by atoms with Gasteiger partial charge >= 0.3 is 0 Å². The molecule has 0 unspecified atom stereocenters. The third-order valence-electron chi connectivity index (χ3n) is 6.05. The monoisotopic (exact) mass is 440 g/mol.